The van der Waals surface area contributed by atoms with Crippen molar-refractivity contribution in [3.05, 3.63) is 0 Å². The molecule has 3 N–H and O–H groups in total. The number of likely N-dealkylation sites (tertiary alicyclic amines) is 1. The predicted octanol–water partition coefficient (Wildman–Crippen LogP) is 0.561. The van der Waals surface area contributed by atoms with Crippen molar-refractivity contribution in [1.82, 2.24) is 10.2 Å². The molecular weight excluding hydrogens is 334 g/mol. The van der Waals surface area contributed by atoms with Crippen LogP contribution in [0.25, 0.3) is 0 Å². The third-order valence-electron chi connectivity index (χ3n) is 6.89. The maximum Gasteiger partial charge on any atom is 0.243 e. The van der Waals surface area contributed by atoms with Crippen molar-refractivity contribution >= 4 is 17.7 Å². The lowest BCUT2D eigenvalue weighted by Crippen LogP contribution is -2.54. The van der Waals surface area contributed by atoms with Gasteiger partial charge in [-0.25, -0.2) is 0 Å². The van der Waals surface area contributed by atoms with E-state index < -0.39 is 6.04 Å². The highest BCUT2D eigenvalue weighted by Gasteiger charge is 2.63. The molecule has 26 heavy (non-hydrogen) atoms. The molecule has 0 aromatic heterocycles. The average molecular weight is 363 g/mol. The van der Waals surface area contributed by atoms with Crippen LogP contribution in [0, 0.1) is 17.8 Å². The first-order valence-corrected chi connectivity index (χ1v) is 10.1. The second-order valence-electron chi connectivity index (χ2n) is 8.31. The zero-order chi connectivity index (χ0) is 18.4. The number of imide groups is 1. The number of hydrogen-bond donors (Lipinski definition) is 2. The molecule has 2 bridgehead atoms. The van der Waals surface area contributed by atoms with Gasteiger partial charge in [0.05, 0.1) is 24.0 Å². The molecule has 3 amide bonds. The Bertz CT molecular complexity index is 576. The fraction of sp³-hybridized carbons (Fsp3) is 0.842. The highest BCUT2D eigenvalue weighted by Crippen LogP contribution is 2.48. The van der Waals surface area contributed by atoms with Crippen LogP contribution < -0.4 is 11.1 Å². The van der Waals surface area contributed by atoms with Crippen molar-refractivity contribution in [3.8, 4) is 0 Å². The molecule has 0 aromatic carbocycles. The monoisotopic (exact) mass is 363 g/mol. The number of rotatable bonds is 5. The topological polar surface area (TPSA) is 102 Å². The summed E-state index contributed by atoms with van der Waals surface area (Å²) in [5, 5.41) is 3.02. The average Bonchev–Trinajstić information content (AvgIpc) is 3.33. The standard InChI is InChI=1S/C19H29N3O4/c1-10(17(23)21-12(9-20)11-5-3-2-4-6-11)22-18(24)15-13-7-8-14(26-13)16(15)19(22)25/h10-16H,2-9,20H2,1H3,(H,21,23). The molecule has 6 atom stereocenters. The maximum atomic E-state index is 12.8. The highest BCUT2D eigenvalue weighted by atomic mass is 16.5. The number of carbonyl (C=O) groups excluding carboxylic acids is 3. The first kappa shape index (κ1) is 17.9. The smallest absolute Gasteiger partial charge is 0.243 e. The molecule has 6 unspecified atom stereocenters. The number of nitrogens with two attached hydrogens (primary N) is 1. The van der Waals surface area contributed by atoms with Crippen LogP contribution in [0.3, 0.4) is 0 Å². The maximum absolute atomic E-state index is 12.8. The van der Waals surface area contributed by atoms with E-state index in [9.17, 15) is 14.4 Å². The van der Waals surface area contributed by atoms with Crippen molar-refractivity contribution in [1.29, 1.82) is 0 Å². The van der Waals surface area contributed by atoms with E-state index >= 15 is 0 Å². The molecule has 4 fully saturated rings. The molecule has 3 aliphatic heterocycles. The van der Waals surface area contributed by atoms with Crippen LogP contribution in [0.2, 0.25) is 0 Å². The second-order valence-corrected chi connectivity index (χ2v) is 8.31. The summed E-state index contributed by atoms with van der Waals surface area (Å²) in [4.78, 5) is 39.6. The summed E-state index contributed by atoms with van der Waals surface area (Å²) in [5.41, 5.74) is 5.90. The van der Waals surface area contributed by atoms with E-state index in [1.165, 1.54) is 24.2 Å². The molecule has 1 saturated carbocycles. The lowest BCUT2D eigenvalue weighted by Gasteiger charge is -2.32. The van der Waals surface area contributed by atoms with Gasteiger partial charge in [0.1, 0.15) is 6.04 Å². The van der Waals surface area contributed by atoms with Gasteiger partial charge in [0, 0.05) is 12.6 Å². The largest absolute Gasteiger partial charge is 0.373 e. The first-order chi connectivity index (χ1) is 12.5. The van der Waals surface area contributed by atoms with E-state index in [0.29, 0.717) is 12.5 Å². The highest BCUT2D eigenvalue weighted by molar-refractivity contribution is 6.09. The fourth-order valence-corrected chi connectivity index (χ4v) is 5.44. The Balaban J connectivity index is 1.43. The van der Waals surface area contributed by atoms with Crippen LogP contribution in [0.4, 0.5) is 0 Å². The molecular formula is C19H29N3O4. The third-order valence-corrected chi connectivity index (χ3v) is 6.89. The van der Waals surface area contributed by atoms with Crippen LogP contribution >= 0.6 is 0 Å². The number of amides is 3. The molecule has 1 aliphatic carbocycles. The molecule has 7 nitrogen and oxygen atoms in total. The minimum absolute atomic E-state index is 0.0860. The third kappa shape index (κ3) is 2.76. The Morgan fingerprint density at radius 3 is 2.23 bits per heavy atom. The number of fused-ring (bicyclic) bond motifs is 5. The number of nitrogens with zero attached hydrogens (tertiary/aromatic N) is 1. The van der Waals surface area contributed by atoms with Gasteiger partial charge in [0.25, 0.3) is 0 Å². The van der Waals surface area contributed by atoms with Crippen molar-refractivity contribution in [2.45, 2.75) is 76.2 Å². The molecule has 3 heterocycles. The summed E-state index contributed by atoms with van der Waals surface area (Å²) in [6.07, 6.45) is 7.07. The normalized spacial score (nSPS) is 36.3. The Kier molecular flexibility index (Phi) is 4.77. The number of carbonyl (C=O) groups is 3. The summed E-state index contributed by atoms with van der Waals surface area (Å²) < 4.78 is 5.74. The Morgan fingerprint density at radius 2 is 1.69 bits per heavy atom. The summed E-state index contributed by atoms with van der Waals surface area (Å²) in [7, 11) is 0. The van der Waals surface area contributed by atoms with E-state index in [-0.39, 0.29) is 47.8 Å². The quantitative estimate of drug-likeness (QED) is 0.695. The minimum atomic E-state index is -0.794. The van der Waals surface area contributed by atoms with Crippen LogP contribution in [-0.4, -0.2) is 53.5 Å². The van der Waals surface area contributed by atoms with Crippen LogP contribution in [0.5, 0.6) is 0 Å². The Labute approximate surface area is 154 Å². The number of nitrogens with one attached hydrogen (secondary N) is 1. The van der Waals surface area contributed by atoms with Gasteiger partial charge in [0.2, 0.25) is 17.7 Å². The van der Waals surface area contributed by atoms with E-state index in [0.717, 1.165) is 25.7 Å². The van der Waals surface area contributed by atoms with Gasteiger partial charge in [-0.05, 0) is 38.5 Å². The van der Waals surface area contributed by atoms with Crippen molar-refractivity contribution in [2.24, 2.45) is 23.5 Å². The van der Waals surface area contributed by atoms with Gasteiger partial charge in [-0.15, -0.1) is 0 Å². The number of ether oxygens (including phenoxy) is 1. The van der Waals surface area contributed by atoms with Gasteiger partial charge < -0.3 is 15.8 Å². The molecule has 4 rings (SSSR count). The minimum Gasteiger partial charge on any atom is -0.373 e. The molecule has 0 aromatic rings. The molecule has 144 valence electrons. The Morgan fingerprint density at radius 1 is 1.12 bits per heavy atom. The van der Waals surface area contributed by atoms with Gasteiger partial charge in [-0.1, -0.05) is 19.3 Å². The predicted molar refractivity (Wildman–Crippen MR) is 93.8 cm³/mol. The zero-order valence-corrected chi connectivity index (χ0v) is 15.4. The van der Waals surface area contributed by atoms with E-state index in [4.69, 9.17) is 10.5 Å². The van der Waals surface area contributed by atoms with E-state index in [1.54, 1.807) is 6.92 Å². The molecule has 3 saturated heterocycles. The van der Waals surface area contributed by atoms with Gasteiger partial charge in [-0.2, -0.15) is 0 Å². The fourth-order valence-electron chi connectivity index (χ4n) is 5.44. The first-order valence-electron chi connectivity index (χ1n) is 10.1. The van der Waals surface area contributed by atoms with Gasteiger partial charge in [-0.3, -0.25) is 19.3 Å². The van der Waals surface area contributed by atoms with Crippen molar-refractivity contribution in [3.63, 3.8) is 0 Å². The number of hydrogen-bond acceptors (Lipinski definition) is 5. The molecule has 4 aliphatic rings. The van der Waals surface area contributed by atoms with Gasteiger partial charge in [0.15, 0.2) is 0 Å². The van der Waals surface area contributed by atoms with Crippen LogP contribution in [0.1, 0.15) is 51.9 Å². The summed E-state index contributed by atoms with van der Waals surface area (Å²) >= 11 is 0. The van der Waals surface area contributed by atoms with Crippen LogP contribution in [-0.2, 0) is 19.1 Å². The van der Waals surface area contributed by atoms with Gasteiger partial charge >= 0.3 is 0 Å². The lowest BCUT2D eigenvalue weighted by atomic mass is 9.81. The molecule has 0 spiro atoms. The van der Waals surface area contributed by atoms with E-state index in [1.807, 2.05) is 0 Å². The van der Waals surface area contributed by atoms with Crippen molar-refractivity contribution < 1.29 is 19.1 Å². The Hall–Kier alpha value is -1.47. The molecule has 0 radical (unpaired) electrons. The van der Waals surface area contributed by atoms with Crippen molar-refractivity contribution in [2.75, 3.05) is 6.54 Å². The SMILES string of the molecule is CC(C(=O)NC(CN)C1CCCCC1)N1C(=O)C2C3CCC(O3)C2C1=O. The second kappa shape index (κ2) is 6.93. The summed E-state index contributed by atoms with van der Waals surface area (Å²) in [5.74, 6) is -1.15. The molecule has 7 heteroatoms. The van der Waals surface area contributed by atoms with E-state index in [2.05, 4.69) is 5.32 Å². The summed E-state index contributed by atoms with van der Waals surface area (Å²) in [6, 6.07) is -0.880. The lowest BCUT2D eigenvalue weighted by molar-refractivity contribution is -0.149. The van der Waals surface area contributed by atoms with Crippen LogP contribution in [0.15, 0.2) is 0 Å². The zero-order valence-electron chi connectivity index (χ0n) is 15.4. The summed E-state index contributed by atoms with van der Waals surface area (Å²) in [6.45, 7) is 2.03.